The third-order valence-electron chi connectivity index (χ3n) is 4.22. The summed E-state index contributed by atoms with van der Waals surface area (Å²) in [6, 6.07) is 4.20. The summed E-state index contributed by atoms with van der Waals surface area (Å²) in [5, 5.41) is 15.0. The van der Waals surface area contributed by atoms with E-state index in [-0.39, 0.29) is 10.8 Å². The molecule has 1 unspecified atom stereocenters. The topological polar surface area (TPSA) is 96.7 Å². The molecule has 4 aromatic heterocycles. The minimum atomic E-state index is -0.150. The molecule has 1 fully saturated rings. The molecule has 4 aromatic rings. The molecular formula is C17H15N5O2S3. The second kappa shape index (κ2) is 6.77. The molecule has 1 aliphatic rings. The molecule has 27 heavy (non-hydrogen) atoms. The average Bonchev–Trinajstić information content (AvgIpc) is 3.07. The number of nitrogens with one attached hydrogen (secondary N) is 2. The van der Waals surface area contributed by atoms with Gasteiger partial charge in [-0.05, 0) is 31.9 Å². The van der Waals surface area contributed by atoms with Crippen LogP contribution in [0.3, 0.4) is 0 Å². The van der Waals surface area contributed by atoms with E-state index in [1.165, 1.54) is 35.5 Å². The summed E-state index contributed by atoms with van der Waals surface area (Å²) in [4.78, 5) is 21.0. The highest BCUT2D eigenvalue weighted by molar-refractivity contribution is 8.01. The number of H-pyrrole nitrogens is 1. The van der Waals surface area contributed by atoms with E-state index in [2.05, 4.69) is 25.5 Å². The van der Waals surface area contributed by atoms with Crippen LogP contribution in [-0.4, -0.2) is 26.2 Å². The van der Waals surface area contributed by atoms with E-state index in [9.17, 15) is 4.79 Å². The van der Waals surface area contributed by atoms with E-state index >= 15 is 0 Å². The first-order chi connectivity index (χ1) is 13.2. The van der Waals surface area contributed by atoms with Gasteiger partial charge < -0.3 is 14.7 Å². The van der Waals surface area contributed by atoms with E-state index in [1.807, 2.05) is 24.4 Å². The predicted octanol–water partition coefficient (Wildman–Crippen LogP) is 4.52. The lowest BCUT2D eigenvalue weighted by molar-refractivity contribution is 0.583. The number of rotatable bonds is 6. The molecule has 0 radical (unpaired) electrons. The first-order valence-corrected chi connectivity index (χ1v) is 11.1. The normalized spacial score (nSPS) is 15.3. The highest BCUT2D eigenvalue weighted by atomic mass is 32.2. The lowest BCUT2D eigenvalue weighted by atomic mass is 10.2. The Bertz CT molecular complexity index is 1140. The van der Waals surface area contributed by atoms with Gasteiger partial charge in [0.25, 0.3) is 5.56 Å². The molecule has 5 rings (SSSR count). The van der Waals surface area contributed by atoms with E-state index in [1.54, 1.807) is 18.0 Å². The Balaban J connectivity index is 1.41. The number of thiophene rings is 1. The summed E-state index contributed by atoms with van der Waals surface area (Å²) in [7, 11) is 0. The van der Waals surface area contributed by atoms with Crippen molar-refractivity contribution in [2.24, 2.45) is 0 Å². The maximum absolute atomic E-state index is 12.7. The number of thioether (sulfide) groups is 1. The summed E-state index contributed by atoms with van der Waals surface area (Å²) < 4.78 is 6.29. The predicted molar refractivity (Wildman–Crippen MR) is 109 cm³/mol. The molecule has 0 aliphatic heterocycles. The van der Waals surface area contributed by atoms with Crippen molar-refractivity contribution in [1.29, 1.82) is 0 Å². The minimum absolute atomic E-state index is 0.0435. The molecule has 1 atom stereocenters. The van der Waals surface area contributed by atoms with Crippen LogP contribution in [0.4, 0.5) is 5.13 Å². The van der Waals surface area contributed by atoms with Gasteiger partial charge in [-0.25, -0.2) is 4.98 Å². The van der Waals surface area contributed by atoms with Crippen molar-refractivity contribution in [1.82, 2.24) is 20.2 Å². The van der Waals surface area contributed by atoms with Crippen LogP contribution in [0.2, 0.25) is 0 Å². The van der Waals surface area contributed by atoms with Crippen LogP contribution < -0.4 is 10.9 Å². The van der Waals surface area contributed by atoms with E-state index in [0.29, 0.717) is 27.8 Å². The van der Waals surface area contributed by atoms with Gasteiger partial charge in [0.1, 0.15) is 16.4 Å². The Hall–Kier alpha value is -2.17. The van der Waals surface area contributed by atoms with E-state index < -0.39 is 0 Å². The number of fused-ring (bicyclic) bond motifs is 1. The Kier molecular flexibility index (Phi) is 4.25. The van der Waals surface area contributed by atoms with Gasteiger partial charge in [0.2, 0.25) is 5.13 Å². The first kappa shape index (κ1) is 17.0. The van der Waals surface area contributed by atoms with Crippen molar-refractivity contribution in [3.8, 4) is 11.3 Å². The standard InChI is InChI=1S/C17H15N5O2S3/c1-8(26-17-22-21-16(27-17)18-9-4-5-9)13-19-14(23)12-10(7-25-15(12)20-13)11-3-2-6-24-11/h2-3,6-9H,4-5H2,1H3,(H,18,21)(H,19,20,23). The zero-order chi connectivity index (χ0) is 18.4. The first-order valence-electron chi connectivity index (χ1n) is 8.49. The lowest BCUT2D eigenvalue weighted by Crippen LogP contribution is -2.12. The van der Waals surface area contributed by atoms with Gasteiger partial charge in [-0.15, -0.1) is 21.5 Å². The molecule has 0 aromatic carbocycles. The summed E-state index contributed by atoms with van der Waals surface area (Å²) in [5.74, 6) is 1.31. The molecular weight excluding hydrogens is 402 g/mol. The van der Waals surface area contributed by atoms with Gasteiger partial charge in [0.05, 0.1) is 16.9 Å². The van der Waals surface area contributed by atoms with E-state index in [4.69, 9.17) is 4.42 Å². The number of furan rings is 1. The fourth-order valence-corrected chi connectivity index (χ4v) is 5.66. The molecule has 10 heteroatoms. The molecule has 138 valence electrons. The molecule has 0 saturated heterocycles. The van der Waals surface area contributed by atoms with Gasteiger partial charge in [0, 0.05) is 17.0 Å². The van der Waals surface area contributed by atoms with Crippen molar-refractivity contribution in [3.05, 3.63) is 40.0 Å². The minimum Gasteiger partial charge on any atom is -0.464 e. The van der Waals surface area contributed by atoms with Crippen LogP contribution in [0, 0.1) is 0 Å². The summed E-state index contributed by atoms with van der Waals surface area (Å²) in [5.41, 5.74) is 0.629. The average molecular weight is 418 g/mol. The second-order valence-electron chi connectivity index (χ2n) is 6.31. The van der Waals surface area contributed by atoms with Gasteiger partial charge in [-0.1, -0.05) is 23.1 Å². The molecule has 4 heterocycles. The van der Waals surface area contributed by atoms with Gasteiger partial charge in [-0.2, -0.15) is 0 Å². The molecule has 2 N–H and O–H groups in total. The third-order valence-corrected chi connectivity index (χ3v) is 7.14. The number of hydrogen-bond acceptors (Lipinski definition) is 9. The van der Waals surface area contributed by atoms with Crippen LogP contribution in [0.5, 0.6) is 0 Å². The molecule has 7 nitrogen and oxygen atoms in total. The summed E-state index contributed by atoms with van der Waals surface area (Å²) in [6.07, 6.45) is 4.00. The SMILES string of the molecule is CC(Sc1nnc(NC2CC2)s1)c1nc2scc(-c3ccco3)c2c(=O)[nH]1. The zero-order valence-electron chi connectivity index (χ0n) is 14.3. The van der Waals surface area contributed by atoms with Crippen molar-refractivity contribution < 1.29 is 4.42 Å². The van der Waals surface area contributed by atoms with Crippen LogP contribution in [0.25, 0.3) is 21.5 Å². The lowest BCUT2D eigenvalue weighted by Gasteiger charge is -2.08. The van der Waals surface area contributed by atoms with Crippen LogP contribution in [-0.2, 0) is 0 Å². The number of aromatic nitrogens is 4. The molecule has 0 spiro atoms. The largest absolute Gasteiger partial charge is 0.464 e. The number of anilines is 1. The second-order valence-corrected chi connectivity index (χ2v) is 9.73. The highest BCUT2D eigenvalue weighted by Gasteiger charge is 2.23. The van der Waals surface area contributed by atoms with Gasteiger partial charge in [0.15, 0.2) is 4.34 Å². The highest BCUT2D eigenvalue weighted by Crippen LogP contribution is 2.38. The Labute approximate surface area is 166 Å². The number of nitrogens with zero attached hydrogens (tertiary/aromatic N) is 3. The van der Waals surface area contributed by atoms with Crippen LogP contribution in [0.15, 0.2) is 37.3 Å². The smallest absolute Gasteiger partial charge is 0.260 e. The Morgan fingerprint density at radius 1 is 1.41 bits per heavy atom. The molecule has 1 aliphatic carbocycles. The monoisotopic (exact) mass is 417 g/mol. The Morgan fingerprint density at radius 2 is 2.30 bits per heavy atom. The number of hydrogen-bond donors (Lipinski definition) is 2. The quantitative estimate of drug-likeness (QED) is 0.445. The third kappa shape index (κ3) is 3.40. The van der Waals surface area contributed by atoms with Crippen molar-refractivity contribution in [2.75, 3.05) is 5.32 Å². The molecule has 0 amide bonds. The van der Waals surface area contributed by atoms with Crippen molar-refractivity contribution >= 4 is 49.8 Å². The van der Waals surface area contributed by atoms with E-state index in [0.717, 1.165) is 15.0 Å². The van der Waals surface area contributed by atoms with Gasteiger partial charge >= 0.3 is 0 Å². The van der Waals surface area contributed by atoms with Crippen LogP contribution in [0.1, 0.15) is 30.8 Å². The maximum atomic E-state index is 12.7. The number of aromatic amines is 1. The fraction of sp³-hybridized carbons (Fsp3) is 0.294. The maximum Gasteiger partial charge on any atom is 0.260 e. The van der Waals surface area contributed by atoms with Crippen molar-refractivity contribution in [2.45, 2.75) is 35.4 Å². The fourth-order valence-electron chi connectivity index (χ4n) is 2.70. The van der Waals surface area contributed by atoms with Crippen molar-refractivity contribution in [3.63, 3.8) is 0 Å². The summed E-state index contributed by atoms with van der Waals surface area (Å²) in [6.45, 7) is 2.01. The molecule has 0 bridgehead atoms. The summed E-state index contributed by atoms with van der Waals surface area (Å²) >= 11 is 4.53. The Morgan fingerprint density at radius 3 is 3.07 bits per heavy atom. The zero-order valence-corrected chi connectivity index (χ0v) is 16.7. The van der Waals surface area contributed by atoms with Crippen LogP contribution >= 0.6 is 34.4 Å². The van der Waals surface area contributed by atoms with Gasteiger partial charge in [-0.3, -0.25) is 4.79 Å². The molecule has 1 saturated carbocycles.